The van der Waals surface area contributed by atoms with Gasteiger partial charge in [0.05, 0.1) is 24.8 Å². The average molecular weight is 548 g/mol. The first kappa shape index (κ1) is 31.6. The third-order valence-electron chi connectivity index (χ3n) is 6.34. The van der Waals surface area contributed by atoms with Crippen LogP contribution in [0, 0.1) is 0 Å². The second-order valence-electron chi connectivity index (χ2n) is 9.05. The molecular formula is C18H37N5O12S-2. The number of aliphatic hydroxyl groups excluding tert-OH is 4. The molecule has 0 amide bonds. The van der Waals surface area contributed by atoms with Crippen LogP contribution in [-0.2, 0) is 29.3 Å². The molecule has 214 valence electrons. The van der Waals surface area contributed by atoms with Gasteiger partial charge in [-0.1, -0.05) is 0 Å². The van der Waals surface area contributed by atoms with E-state index in [1.54, 1.807) is 0 Å². The van der Waals surface area contributed by atoms with Crippen LogP contribution in [-0.4, -0.2) is 131 Å². The van der Waals surface area contributed by atoms with Crippen LogP contribution in [0.25, 0.3) is 0 Å². The molecular weight excluding hydrogens is 510 g/mol. The predicted molar refractivity (Wildman–Crippen MR) is 117 cm³/mol. The molecule has 14 N–H and O–H groups in total. The largest absolute Gasteiger partial charge is 0.759 e. The highest BCUT2D eigenvalue weighted by atomic mass is 32.3. The van der Waals surface area contributed by atoms with Crippen molar-refractivity contribution < 1.29 is 56.9 Å². The van der Waals surface area contributed by atoms with Crippen LogP contribution in [0.4, 0.5) is 0 Å². The van der Waals surface area contributed by atoms with Crippen LogP contribution in [0.3, 0.4) is 0 Å². The summed E-state index contributed by atoms with van der Waals surface area (Å²) >= 11 is 0. The van der Waals surface area contributed by atoms with Gasteiger partial charge in [-0.2, -0.15) is 0 Å². The summed E-state index contributed by atoms with van der Waals surface area (Å²) in [6.07, 6.45) is -7.72. The van der Waals surface area contributed by atoms with Crippen molar-refractivity contribution in [1.82, 2.24) is 0 Å². The molecule has 13 unspecified atom stereocenters. The maximum Gasteiger partial charge on any atom is 0.186 e. The number of ether oxygens (including phenoxy) is 4. The van der Waals surface area contributed by atoms with Crippen LogP contribution in [0.15, 0.2) is 0 Å². The van der Waals surface area contributed by atoms with Gasteiger partial charge in [-0.05, 0) is 19.3 Å². The Hall–Kier alpha value is -0.650. The molecule has 0 aromatic carbocycles. The Labute approximate surface area is 208 Å². The van der Waals surface area contributed by atoms with Crippen LogP contribution in [0.1, 0.15) is 19.3 Å². The van der Waals surface area contributed by atoms with E-state index >= 15 is 0 Å². The third kappa shape index (κ3) is 8.43. The molecule has 2 heterocycles. The number of rotatable bonds is 6. The fourth-order valence-electron chi connectivity index (χ4n) is 4.36. The highest BCUT2D eigenvalue weighted by molar-refractivity contribution is 7.79. The van der Waals surface area contributed by atoms with Crippen molar-refractivity contribution in [2.45, 2.75) is 98.7 Å². The summed E-state index contributed by atoms with van der Waals surface area (Å²) in [5.74, 6) is 0. The van der Waals surface area contributed by atoms with Gasteiger partial charge >= 0.3 is 0 Å². The van der Waals surface area contributed by atoms with Gasteiger partial charge in [-0.25, -0.2) is 0 Å². The molecule has 1 saturated carbocycles. The molecule has 2 saturated heterocycles. The van der Waals surface area contributed by atoms with Crippen molar-refractivity contribution >= 4 is 10.4 Å². The Morgan fingerprint density at radius 3 is 1.86 bits per heavy atom. The van der Waals surface area contributed by atoms with Crippen LogP contribution >= 0.6 is 0 Å². The zero-order valence-electron chi connectivity index (χ0n) is 19.4. The Kier molecular flexibility index (Phi) is 11.8. The topological polar surface area (TPSA) is 328 Å². The monoisotopic (exact) mass is 547 g/mol. The SMILES string of the molecule is NCC1CCC(N)C(OC2C(N)CC(N)C(OC3OC(CO)C(O)C(N)C3O)C2O)O1.O=S(=O)([O-])[O-]. The van der Waals surface area contributed by atoms with Gasteiger partial charge in [0, 0.05) is 29.0 Å². The van der Waals surface area contributed by atoms with Gasteiger partial charge in [0.1, 0.15) is 36.6 Å². The van der Waals surface area contributed by atoms with E-state index < -0.39 is 90.4 Å². The van der Waals surface area contributed by atoms with Crippen molar-refractivity contribution in [1.29, 1.82) is 0 Å². The Morgan fingerprint density at radius 2 is 1.36 bits per heavy atom. The molecule has 3 aliphatic rings. The smallest absolute Gasteiger partial charge is 0.186 e. The van der Waals surface area contributed by atoms with E-state index in [0.717, 1.165) is 0 Å². The van der Waals surface area contributed by atoms with Crippen molar-refractivity contribution in [3.05, 3.63) is 0 Å². The lowest BCUT2D eigenvalue weighted by Gasteiger charge is -2.47. The second-order valence-corrected chi connectivity index (χ2v) is 9.87. The van der Waals surface area contributed by atoms with Crippen molar-refractivity contribution in [3.63, 3.8) is 0 Å². The number of hydrogen-bond donors (Lipinski definition) is 9. The second kappa shape index (κ2) is 13.4. The Morgan fingerprint density at radius 1 is 0.833 bits per heavy atom. The minimum atomic E-state index is -5.17. The lowest BCUT2D eigenvalue weighted by molar-refractivity contribution is -0.313. The molecule has 36 heavy (non-hydrogen) atoms. The number of hydrogen-bond acceptors (Lipinski definition) is 17. The zero-order valence-corrected chi connectivity index (χ0v) is 20.2. The molecule has 0 radical (unpaired) electrons. The molecule has 0 bridgehead atoms. The minimum Gasteiger partial charge on any atom is -0.759 e. The molecule has 0 aromatic rings. The van der Waals surface area contributed by atoms with Crippen molar-refractivity contribution in [3.8, 4) is 0 Å². The van der Waals surface area contributed by atoms with Gasteiger partial charge in [0.15, 0.2) is 12.6 Å². The molecule has 0 spiro atoms. The van der Waals surface area contributed by atoms with Crippen LogP contribution in [0.2, 0.25) is 0 Å². The predicted octanol–water partition coefficient (Wildman–Crippen LogP) is -6.60. The molecule has 0 aromatic heterocycles. The van der Waals surface area contributed by atoms with Gasteiger partial charge in [0.25, 0.3) is 0 Å². The fraction of sp³-hybridized carbons (Fsp3) is 1.00. The highest BCUT2D eigenvalue weighted by Gasteiger charge is 2.49. The standard InChI is InChI=1S/C18H37N5O8.H2O4S/c19-4-6-1-2-7(20)17(28-6)30-15-8(21)3-9(22)16(14(15)27)31-18-13(26)11(23)12(25)10(5-24)29-18;1-5(2,3)4/h6-18,24-27H,1-5,19-23H2;(H2,1,2,3,4)/p-2. The lowest BCUT2D eigenvalue weighted by atomic mass is 9.84. The minimum absolute atomic E-state index is 0.204. The van der Waals surface area contributed by atoms with E-state index in [9.17, 15) is 20.4 Å². The molecule has 1 aliphatic carbocycles. The van der Waals surface area contributed by atoms with E-state index in [-0.39, 0.29) is 12.5 Å². The number of nitrogens with two attached hydrogens (primary N) is 5. The first-order valence-electron chi connectivity index (χ1n) is 11.3. The zero-order chi connectivity index (χ0) is 27.4. The van der Waals surface area contributed by atoms with E-state index in [0.29, 0.717) is 19.4 Å². The average Bonchev–Trinajstić information content (AvgIpc) is 2.79. The maximum atomic E-state index is 11.0. The first-order chi connectivity index (χ1) is 16.7. The van der Waals surface area contributed by atoms with E-state index in [1.807, 2.05) is 0 Å². The molecule has 13 atom stereocenters. The van der Waals surface area contributed by atoms with Crippen LogP contribution < -0.4 is 28.7 Å². The first-order valence-corrected chi connectivity index (χ1v) is 12.7. The van der Waals surface area contributed by atoms with Crippen molar-refractivity contribution in [2.75, 3.05) is 13.2 Å². The normalized spacial score (nSPS) is 46.0. The summed E-state index contributed by atoms with van der Waals surface area (Å²) in [6, 6.07) is -2.85. The van der Waals surface area contributed by atoms with Gasteiger partial charge < -0.3 is 77.1 Å². The summed E-state index contributed by atoms with van der Waals surface area (Å²) in [5.41, 5.74) is 30.0. The Balaban J connectivity index is 0.000000830. The maximum absolute atomic E-state index is 11.0. The Bertz CT molecular complexity index is 774. The molecule has 3 rings (SSSR count). The molecule has 18 heteroatoms. The van der Waals surface area contributed by atoms with Gasteiger partial charge in [0.2, 0.25) is 0 Å². The van der Waals surface area contributed by atoms with E-state index in [1.165, 1.54) is 0 Å². The highest BCUT2D eigenvalue weighted by Crippen LogP contribution is 2.30. The summed E-state index contributed by atoms with van der Waals surface area (Å²) < 4.78 is 57.0. The summed E-state index contributed by atoms with van der Waals surface area (Å²) in [5, 5.41) is 40.7. The van der Waals surface area contributed by atoms with Crippen molar-refractivity contribution in [2.24, 2.45) is 28.7 Å². The fourth-order valence-corrected chi connectivity index (χ4v) is 4.36. The quantitative estimate of drug-likeness (QED) is 0.110. The van der Waals surface area contributed by atoms with E-state index in [2.05, 4.69) is 0 Å². The summed E-state index contributed by atoms with van der Waals surface area (Å²) in [4.78, 5) is 0. The van der Waals surface area contributed by atoms with E-state index in [4.69, 9.17) is 65.1 Å². The van der Waals surface area contributed by atoms with Gasteiger partial charge in [-0.15, -0.1) is 0 Å². The molecule has 17 nitrogen and oxygen atoms in total. The molecule has 2 aliphatic heterocycles. The van der Waals surface area contributed by atoms with Gasteiger partial charge in [-0.3, -0.25) is 8.42 Å². The summed E-state index contributed by atoms with van der Waals surface area (Å²) in [7, 11) is -5.17. The molecule has 3 fully saturated rings. The van der Waals surface area contributed by atoms with Crippen LogP contribution in [0.5, 0.6) is 0 Å². The summed E-state index contributed by atoms with van der Waals surface area (Å²) in [6.45, 7) is -0.214. The third-order valence-corrected chi connectivity index (χ3v) is 6.34. The number of aliphatic hydroxyl groups is 4. The lowest BCUT2D eigenvalue weighted by Crippen LogP contribution is -2.68.